The van der Waals surface area contributed by atoms with E-state index >= 15 is 0 Å². The fourth-order valence-electron chi connectivity index (χ4n) is 13.3. The summed E-state index contributed by atoms with van der Waals surface area (Å²) in [4.78, 5) is 96.0. The van der Waals surface area contributed by atoms with E-state index in [1.165, 1.54) is 14.2 Å². The number of likely N-dealkylation sites (tertiary alicyclic amines) is 1. The van der Waals surface area contributed by atoms with Crippen molar-refractivity contribution >= 4 is 47.0 Å². The maximum absolute atomic E-state index is 13.1. The summed E-state index contributed by atoms with van der Waals surface area (Å²) < 4.78 is 41.0. The SMILES string of the molecule is COc1cc(NC(=O)c2ccc(-c3ccc(CNC(=O)C4CCC(NC(=O)CCCOC5CCC(OCCNC(=O)C6CCC(NC(=O)CCCOC7CCC(OCCNC(=O)[C@H]8CC(=O)N(C)[C@@H]8c8cccnc8)CC7)CC6)CC5)CC4)cc3)o2)cc(OC)c1. The zero-order valence-electron chi connectivity index (χ0n) is 53.2. The van der Waals surface area contributed by atoms with Crippen LogP contribution in [0.1, 0.15) is 163 Å². The van der Waals surface area contributed by atoms with E-state index in [9.17, 15) is 33.6 Å². The van der Waals surface area contributed by atoms with Gasteiger partial charge in [0, 0.05) is 125 Å². The molecule has 4 aromatic rings. The van der Waals surface area contributed by atoms with E-state index in [4.69, 9.17) is 32.8 Å². The van der Waals surface area contributed by atoms with Crippen molar-refractivity contribution in [2.45, 2.75) is 184 Å². The maximum atomic E-state index is 13.1. The topological polar surface area (TPSA) is 276 Å². The Hall–Kier alpha value is -7.40. The number of anilines is 1. The van der Waals surface area contributed by atoms with E-state index in [-0.39, 0.29) is 102 Å². The first-order chi connectivity index (χ1) is 44.3. The third-order valence-electron chi connectivity index (χ3n) is 18.6. The van der Waals surface area contributed by atoms with Gasteiger partial charge >= 0.3 is 0 Å². The molecule has 5 fully saturated rings. The number of furan rings is 1. The van der Waals surface area contributed by atoms with Crippen molar-refractivity contribution in [1.29, 1.82) is 0 Å². The Bertz CT molecular complexity index is 2960. The third-order valence-corrected chi connectivity index (χ3v) is 18.6. The monoisotopic (exact) mass is 1260 g/mol. The smallest absolute Gasteiger partial charge is 0.291 e. The van der Waals surface area contributed by atoms with Gasteiger partial charge in [0.2, 0.25) is 35.4 Å². The molecule has 1 aliphatic heterocycles. The number of methoxy groups -OCH3 is 2. The molecule has 0 spiro atoms. The Labute approximate surface area is 534 Å². The van der Waals surface area contributed by atoms with Gasteiger partial charge in [0.05, 0.1) is 63.8 Å². The van der Waals surface area contributed by atoms with Crippen LogP contribution in [-0.2, 0) is 54.3 Å². The molecule has 4 aliphatic carbocycles. The Balaban J connectivity index is 0.528. The van der Waals surface area contributed by atoms with Crippen molar-refractivity contribution in [2.24, 2.45) is 17.8 Å². The van der Waals surface area contributed by atoms with Gasteiger partial charge in [-0.1, -0.05) is 30.3 Å². The number of nitrogens with one attached hydrogen (secondary N) is 6. The standard InChI is InChI=1S/C69H94N8O14/c1-77-64(80)42-59(65(77)49-7-4-32-70-44-49)68(83)72-34-38-90-56-28-24-54(25-29-56)88-35-5-8-62(78)74-50-18-14-47(15-19-50)66(81)71-33-37-89-55-26-22-53(23-27-55)87-36-6-9-63(79)75-51-20-16-48(17-21-51)67(82)73-43-45-10-12-46(13-11-45)60-30-31-61(91-60)69(84)76-52-39-57(85-2)41-58(40-52)86-3/h4,7,10-13,30-32,39-41,44,47-48,50-51,53-56,59,65H,5-6,8-9,14-29,33-38,42-43H2,1-3H3,(H,71,81)(H,72,83)(H,73,82)(H,74,78)(H,75,79)(H,76,84)/t47?,48?,50?,51?,53?,54?,55?,56?,59-,65+/m0/s1. The molecule has 4 saturated carbocycles. The van der Waals surface area contributed by atoms with Gasteiger partial charge in [0.15, 0.2) is 5.76 Å². The summed E-state index contributed by atoms with van der Waals surface area (Å²) in [5.74, 6) is 0.640. The van der Waals surface area contributed by atoms with Crippen LogP contribution >= 0.6 is 0 Å². The van der Waals surface area contributed by atoms with Crippen LogP contribution in [0.2, 0.25) is 0 Å². The van der Waals surface area contributed by atoms with E-state index in [0.717, 1.165) is 107 Å². The zero-order chi connectivity index (χ0) is 63.9. The van der Waals surface area contributed by atoms with Crippen LogP contribution in [0.4, 0.5) is 5.69 Å². The lowest BCUT2D eigenvalue weighted by molar-refractivity contribution is -0.128. The number of rotatable bonds is 31. The van der Waals surface area contributed by atoms with E-state index in [2.05, 4.69) is 36.9 Å². The van der Waals surface area contributed by atoms with Crippen LogP contribution < -0.4 is 41.4 Å². The first-order valence-corrected chi connectivity index (χ1v) is 33.0. The highest BCUT2D eigenvalue weighted by molar-refractivity contribution is 6.02. The minimum Gasteiger partial charge on any atom is -0.497 e. The molecule has 2 aromatic carbocycles. The van der Waals surface area contributed by atoms with E-state index in [1.54, 1.807) is 54.7 Å². The van der Waals surface area contributed by atoms with Crippen LogP contribution in [0.25, 0.3) is 11.3 Å². The van der Waals surface area contributed by atoms with Crippen molar-refractivity contribution < 1.29 is 66.4 Å². The molecule has 9 rings (SSSR count). The average Bonchev–Trinajstić information content (AvgIpc) is 1.77. The van der Waals surface area contributed by atoms with Gasteiger partial charge in [-0.25, -0.2) is 0 Å². The summed E-state index contributed by atoms with van der Waals surface area (Å²) >= 11 is 0. The molecule has 6 N–H and O–H groups in total. The molecule has 0 bridgehead atoms. The molecule has 22 heteroatoms. The highest BCUT2D eigenvalue weighted by Gasteiger charge is 2.43. The predicted octanol–water partition coefficient (Wildman–Crippen LogP) is 8.28. The number of nitrogens with zero attached hydrogens (tertiary/aromatic N) is 2. The lowest BCUT2D eigenvalue weighted by atomic mass is 9.85. The van der Waals surface area contributed by atoms with Gasteiger partial charge in [0.1, 0.15) is 17.3 Å². The summed E-state index contributed by atoms with van der Waals surface area (Å²) in [5, 5.41) is 18.3. The van der Waals surface area contributed by atoms with Crippen molar-refractivity contribution in [3.63, 3.8) is 0 Å². The number of benzene rings is 2. The van der Waals surface area contributed by atoms with Crippen LogP contribution in [0.5, 0.6) is 11.5 Å². The molecule has 5 aliphatic rings. The average molecular weight is 1260 g/mol. The largest absolute Gasteiger partial charge is 0.497 e. The molecule has 2 atom stereocenters. The molecule has 7 amide bonds. The van der Waals surface area contributed by atoms with Gasteiger partial charge in [-0.15, -0.1) is 0 Å². The van der Waals surface area contributed by atoms with Crippen molar-refractivity contribution in [3.8, 4) is 22.8 Å². The predicted molar refractivity (Wildman–Crippen MR) is 340 cm³/mol. The van der Waals surface area contributed by atoms with Gasteiger partial charge in [-0.05, 0) is 145 Å². The number of pyridine rings is 1. The summed E-state index contributed by atoms with van der Waals surface area (Å²) in [6.07, 6.45) is 19.2. The summed E-state index contributed by atoms with van der Waals surface area (Å²) in [6, 6.07) is 19.6. The lowest BCUT2D eigenvalue weighted by Gasteiger charge is -2.30. The van der Waals surface area contributed by atoms with Crippen molar-refractivity contribution in [1.82, 2.24) is 36.5 Å². The molecule has 2 aromatic heterocycles. The number of aromatic nitrogens is 1. The summed E-state index contributed by atoms with van der Waals surface area (Å²) in [7, 11) is 4.81. The van der Waals surface area contributed by atoms with Crippen LogP contribution in [0.3, 0.4) is 0 Å². The second-order valence-corrected chi connectivity index (χ2v) is 25.0. The fraction of sp³-hybridized carbons (Fsp3) is 0.594. The number of amides is 7. The highest BCUT2D eigenvalue weighted by Crippen LogP contribution is 2.37. The number of hydrogen-bond donors (Lipinski definition) is 6. The second-order valence-electron chi connectivity index (χ2n) is 25.0. The number of hydrogen-bond acceptors (Lipinski definition) is 15. The molecule has 3 heterocycles. The van der Waals surface area contributed by atoms with Gasteiger partial charge in [-0.3, -0.25) is 38.5 Å². The molecular weight excluding hydrogens is 1160 g/mol. The molecule has 0 radical (unpaired) electrons. The molecule has 91 heavy (non-hydrogen) atoms. The Kier molecular flexibility index (Phi) is 26.0. The van der Waals surface area contributed by atoms with E-state index in [0.29, 0.717) is 108 Å². The summed E-state index contributed by atoms with van der Waals surface area (Å²) in [6.45, 7) is 3.14. The molecule has 494 valence electrons. The Morgan fingerprint density at radius 1 is 0.582 bits per heavy atom. The number of ether oxygens (including phenoxy) is 6. The first-order valence-electron chi connectivity index (χ1n) is 33.0. The van der Waals surface area contributed by atoms with Crippen LogP contribution in [-0.4, -0.2) is 149 Å². The molecule has 22 nitrogen and oxygen atoms in total. The van der Waals surface area contributed by atoms with E-state index < -0.39 is 11.8 Å². The molecule has 1 saturated heterocycles. The zero-order valence-corrected chi connectivity index (χ0v) is 53.2. The van der Waals surface area contributed by atoms with Crippen LogP contribution in [0.15, 0.2) is 83.5 Å². The van der Waals surface area contributed by atoms with Crippen molar-refractivity contribution in [3.05, 3.63) is 96.0 Å². The minimum absolute atomic E-state index is 0.0149. The summed E-state index contributed by atoms with van der Waals surface area (Å²) in [5.41, 5.74) is 3.09. The molecular formula is C69H94N8O14. The highest BCUT2D eigenvalue weighted by atomic mass is 16.5. The number of carbonyl (C=O) groups excluding carboxylic acids is 7. The Morgan fingerprint density at radius 3 is 1.59 bits per heavy atom. The van der Waals surface area contributed by atoms with Crippen LogP contribution in [0, 0.1) is 17.8 Å². The quantitative estimate of drug-likeness (QED) is 0.0259. The normalized spacial score (nSPS) is 24.2. The number of carbonyl (C=O) groups is 7. The lowest BCUT2D eigenvalue weighted by Crippen LogP contribution is -2.41. The third kappa shape index (κ3) is 20.8. The van der Waals surface area contributed by atoms with Crippen molar-refractivity contribution in [2.75, 3.05) is 66.1 Å². The van der Waals surface area contributed by atoms with E-state index in [1.807, 2.05) is 36.4 Å². The first kappa shape index (κ1) is 68.0. The fourth-order valence-corrected chi connectivity index (χ4v) is 13.3. The Morgan fingerprint density at radius 2 is 1.09 bits per heavy atom. The maximum Gasteiger partial charge on any atom is 0.291 e. The van der Waals surface area contributed by atoms with Gasteiger partial charge < -0.3 is 69.6 Å². The molecule has 0 unspecified atom stereocenters. The second kappa shape index (κ2) is 34.9. The van der Waals surface area contributed by atoms with Gasteiger partial charge in [0.25, 0.3) is 5.91 Å². The minimum atomic E-state index is -0.470. The van der Waals surface area contributed by atoms with Gasteiger partial charge in [-0.2, -0.15) is 0 Å².